The Bertz CT molecular complexity index is 974. The van der Waals surface area contributed by atoms with Gasteiger partial charge in [0.25, 0.3) is 5.91 Å². The third-order valence-electron chi connectivity index (χ3n) is 4.36. The van der Waals surface area contributed by atoms with Crippen molar-refractivity contribution in [2.45, 2.75) is 36.6 Å². The molecule has 0 aliphatic heterocycles. The van der Waals surface area contributed by atoms with Crippen molar-refractivity contribution in [1.82, 2.24) is 4.72 Å². The Kier molecular flexibility index (Phi) is 5.52. The minimum Gasteiger partial charge on any atom is -0.319 e. The minimum absolute atomic E-state index is 0.166. The molecule has 2 aromatic carbocycles. The highest BCUT2D eigenvalue weighted by molar-refractivity contribution is 7.89. The molecule has 2 N–H and O–H groups in total. The molecule has 1 saturated carbocycles. The quantitative estimate of drug-likeness (QED) is 0.809. The molecular formula is C18H17F3N2O3S. The summed E-state index contributed by atoms with van der Waals surface area (Å²) in [5.41, 5.74) is -0.607. The third kappa shape index (κ3) is 4.48. The second-order valence-electron chi connectivity index (χ2n) is 6.33. The predicted octanol–water partition coefficient (Wildman–Crippen LogP) is 3.58. The standard InChI is InChI=1S/C18H17F3N2O3S/c19-14-7-5-11(9-16(14)21)18(24)22-17-10-13(6-8-15(17)20)27(25,26)23-12-3-1-2-4-12/h5-10,12,23H,1-4H2,(H,22,24). The zero-order valence-corrected chi connectivity index (χ0v) is 15.0. The van der Waals surface area contributed by atoms with Gasteiger partial charge in [-0.25, -0.2) is 26.3 Å². The van der Waals surface area contributed by atoms with Crippen LogP contribution in [-0.2, 0) is 10.0 Å². The Labute approximate surface area is 154 Å². The average Bonchev–Trinajstić information content (AvgIpc) is 3.11. The first-order chi connectivity index (χ1) is 12.8. The van der Waals surface area contributed by atoms with Crippen LogP contribution in [0.1, 0.15) is 36.0 Å². The van der Waals surface area contributed by atoms with Crippen molar-refractivity contribution in [2.75, 3.05) is 5.32 Å². The molecule has 27 heavy (non-hydrogen) atoms. The minimum atomic E-state index is -3.87. The number of hydrogen-bond acceptors (Lipinski definition) is 3. The van der Waals surface area contributed by atoms with Crippen LogP contribution in [0.15, 0.2) is 41.3 Å². The number of halogens is 3. The van der Waals surface area contributed by atoms with Crippen molar-refractivity contribution in [2.24, 2.45) is 0 Å². The second-order valence-corrected chi connectivity index (χ2v) is 8.04. The Morgan fingerprint density at radius 3 is 2.26 bits per heavy atom. The number of rotatable bonds is 5. The van der Waals surface area contributed by atoms with Crippen LogP contribution in [0.4, 0.5) is 18.9 Å². The number of hydrogen-bond donors (Lipinski definition) is 2. The van der Waals surface area contributed by atoms with E-state index in [1.165, 1.54) is 0 Å². The number of anilines is 1. The molecule has 144 valence electrons. The fraction of sp³-hybridized carbons (Fsp3) is 0.278. The third-order valence-corrected chi connectivity index (χ3v) is 5.87. The predicted molar refractivity (Wildman–Crippen MR) is 93.3 cm³/mol. The lowest BCUT2D eigenvalue weighted by Gasteiger charge is -2.14. The lowest BCUT2D eigenvalue weighted by Crippen LogP contribution is -2.32. The van der Waals surface area contributed by atoms with Crippen molar-refractivity contribution < 1.29 is 26.4 Å². The Balaban J connectivity index is 1.82. The average molecular weight is 398 g/mol. The summed E-state index contributed by atoms with van der Waals surface area (Å²) in [6, 6.07) is 5.32. The van der Waals surface area contributed by atoms with Crippen molar-refractivity contribution >= 4 is 21.6 Å². The number of carbonyl (C=O) groups excluding carboxylic acids is 1. The molecule has 0 radical (unpaired) electrons. The first-order valence-corrected chi connectivity index (χ1v) is 9.83. The zero-order chi connectivity index (χ0) is 19.6. The first kappa shape index (κ1) is 19.4. The summed E-state index contributed by atoms with van der Waals surface area (Å²) >= 11 is 0. The van der Waals surface area contributed by atoms with Crippen molar-refractivity contribution in [3.8, 4) is 0 Å². The molecule has 1 amide bonds. The molecule has 0 atom stereocenters. The van der Waals surface area contributed by atoms with Gasteiger partial charge in [-0.3, -0.25) is 4.79 Å². The van der Waals surface area contributed by atoms with Gasteiger partial charge in [0.2, 0.25) is 10.0 Å². The fourth-order valence-corrected chi connectivity index (χ4v) is 4.26. The van der Waals surface area contributed by atoms with Gasteiger partial charge in [0.15, 0.2) is 11.6 Å². The normalized spacial score (nSPS) is 15.1. The SMILES string of the molecule is O=C(Nc1cc(S(=O)(=O)NC2CCCC2)ccc1F)c1ccc(F)c(F)c1. The van der Waals surface area contributed by atoms with E-state index in [1.807, 2.05) is 0 Å². The van der Waals surface area contributed by atoms with Crippen LogP contribution in [0.5, 0.6) is 0 Å². The number of amides is 1. The second kappa shape index (κ2) is 7.69. The van der Waals surface area contributed by atoms with Crippen molar-refractivity contribution in [3.63, 3.8) is 0 Å². The summed E-state index contributed by atoms with van der Waals surface area (Å²) in [5.74, 6) is -4.10. The van der Waals surface area contributed by atoms with Gasteiger partial charge in [-0.2, -0.15) is 0 Å². The highest BCUT2D eigenvalue weighted by Gasteiger charge is 2.24. The summed E-state index contributed by atoms with van der Waals surface area (Å²) in [4.78, 5) is 11.9. The molecule has 0 bridgehead atoms. The summed E-state index contributed by atoms with van der Waals surface area (Å²) in [7, 11) is -3.87. The van der Waals surface area contributed by atoms with Crippen LogP contribution >= 0.6 is 0 Å². The van der Waals surface area contributed by atoms with Crippen LogP contribution in [0.3, 0.4) is 0 Å². The largest absolute Gasteiger partial charge is 0.319 e. The molecule has 0 spiro atoms. The van der Waals surface area contributed by atoms with Gasteiger partial charge in [0.05, 0.1) is 10.6 Å². The molecular weight excluding hydrogens is 381 g/mol. The molecule has 1 aliphatic rings. The van der Waals surface area contributed by atoms with E-state index in [9.17, 15) is 26.4 Å². The maximum absolute atomic E-state index is 14.0. The maximum Gasteiger partial charge on any atom is 0.255 e. The van der Waals surface area contributed by atoms with Crippen molar-refractivity contribution in [1.29, 1.82) is 0 Å². The van der Waals surface area contributed by atoms with Crippen molar-refractivity contribution in [3.05, 3.63) is 59.4 Å². The van der Waals surface area contributed by atoms with E-state index in [1.54, 1.807) is 0 Å². The number of carbonyl (C=O) groups is 1. The van der Waals surface area contributed by atoms with Crippen LogP contribution in [0, 0.1) is 17.5 Å². The number of sulfonamides is 1. The Morgan fingerprint density at radius 2 is 1.59 bits per heavy atom. The topological polar surface area (TPSA) is 75.3 Å². The van der Waals surface area contributed by atoms with Gasteiger partial charge in [-0.1, -0.05) is 12.8 Å². The van der Waals surface area contributed by atoms with Crippen LogP contribution in [0.25, 0.3) is 0 Å². The highest BCUT2D eigenvalue weighted by atomic mass is 32.2. The fourth-order valence-electron chi connectivity index (χ4n) is 2.93. The molecule has 0 heterocycles. The van der Waals surface area contributed by atoms with E-state index < -0.39 is 33.4 Å². The zero-order valence-electron chi connectivity index (χ0n) is 14.1. The van der Waals surface area contributed by atoms with Gasteiger partial charge in [-0.05, 0) is 49.2 Å². The van der Waals surface area contributed by atoms with E-state index in [0.717, 1.165) is 56.0 Å². The highest BCUT2D eigenvalue weighted by Crippen LogP contribution is 2.24. The monoisotopic (exact) mass is 398 g/mol. The summed E-state index contributed by atoms with van der Waals surface area (Å²) in [6.07, 6.45) is 3.35. The van der Waals surface area contributed by atoms with E-state index in [-0.39, 0.29) is 22.2 Å². The van der Waals surface area contributed by atoms with Gasteiger partial charge in [-0.15, -0.1) is 0 Å². The van der Waals surface area contributed by atoms with Gasteiger partial charge >= 0.3 is 0 Å². The van der Waals surface area contributed by atoms with Crippen LogP contribution < -0.4 is 10.0 Å². The molecule has 0 aromatic heterocycles. The molecule has 0 unspecified atom stereocenters. The Hall–Kier alpha value is -2.39. The molecule has 9 heteroatoms. The summed E-state index contributed by atoms with van der Waals surface area (Å²) in [6.45, 7) is 0. The van der Waals surface area contributed by atoms with E-state index >= 15 is 0 Å². The lowest BCUT2D eigenvalue weighted by atomic mass is 10.2. The Morgan fingerprint density at radius 1 is 0.926 bits per heavy atom. The van der Waals surface area contributed by atoms with E-state index in [4.69, 9.17) is 0 Å². The number of nitrogens with one attached hydrogen (secondary N) is 2. The maximum atomic E-state index is 14.0. The first-order valence-electron chi connectivity index (χ1n) is 8.34. The smallest absolute Gasteiger partial charge is 0.255 e. The lowest BCUT2D eigenvalue weighted by molar-refractivity contribution is 0.102. The van der Waals surface area contributed by atoms with E-state index in [0.29, 0.717) is 6.07 Å². The molecule has 1 fully saturated rings. The van der Waals surface area contributed by atoms with Crippen LogP contribution in [-0.4, -0.2) is 20.4 Å². The summed E-state index contributed by atoms with van der Waals surface area (Å²) < 4.78 is 67.7. The molecule has 5 nitrogen and oxygen atoms in total. The summed E-state index contributed by atoms with van der Waals surface area (Å²) in [5, 5.41) is 2.18. The molecule has 1 aliphatic carbocycles. The number of benzene rings is 2. The van der Waals surface area contributed by atoms with Gasteiger partial charge in [0.1, 0.15) is 5.82 Å². The molecule has 3 rings (SSSR count). The van der Waals surface area contributed by atoms with Gasteiger partial charge < -0.3 is 5.32 Å². The molecule has 0 saturated heterocycles. The molecule has 2 aromatic rings. The van der Waals surface area contributed by atoms with Crippen LogP contribution in [0.2, 0.25) is 0 Å². The van der Waals surface area contributed by atoms with E-state index in [2.05, 4.69) is 10.0 Å². The van der Waals surface area contributed by atoms with Gasteiger partial charge in [0, 0.05) is 11.6 Å².